The average molecular weight is 328 g/mol. The lowest BCUT2D eigenvalue weighted by molar-refractivity contribution is -0.131. The summed E-state index contributed by atoms with van der Waals surface area (Å²) >= 11 is 0. The lowest BCUT2D eigenvalue weighted by Crippen LogP contribution is -2.32. The van der Waals surface area contributed by atoms with Gasteiger partial charge in [-0.05, 0) is 29.3 Å². The van der Waals surface area contributed by atoms with Crippen LogP contribution in [0.15, 0.2) is 54.6 Å². The third-order valence-electron chi connectivity index (χ3n) is 4.13. The molecular formula is C19H18F2N2O. The first kappa shape index (κ1) is 16.3. The fourth-order valence-corrected chi connectivity index (χ4v) is 2.97. The van der Waals surface area contributed by atoms with Gasteiger partial charge < -0.3 is 10.6 Å². The third-order valence-corrected chi connectivity index (χ3v) is 4.13. The van der Waals surface area contributed by atoms with Gasteiger partial charge in [0.05, 0.1) is 6.04 Å². The van der Waals surface area contributed by atoms with Crippen molar-refractivity contribution in [1.82, 2.24) is 4.90 Å². The number of hydrogen-bond donors (Lipinski definition) is 1. The standard InChI is InChI=1S/C19H18F2N2O/c20-15-6-7-17(21)16(11-15)14-10-18(13-4-2-1-3-5-13)23(12-14)19(24)8-9-22/h1-7,10-11,18H,8-9,12,22H2. The van der Waals surface area contributed by atoms with Gasteiger partial charge in [0.2, 0.25) is 5.91 Å². The predicted octanol–water partition coefficient (Wildman–Crippen LogP) is 3.28. The first-order valence-corrected chi connectivity index (χ1v) is 7.80. The van der Waals surface area contributed by atoms with Crippen LogP contribution < -0.4 is 5.73 Å². The Kier molecular flexibility index (Phi) is 4.71. The van der Waals surface area contributed by atoms with Gasteiger partial charge in [0.25, 0.3) is 0 Å². The molecule has 0 spiro atoms. The van der Waals surface area contributed by atoms with E-state index < -0.39 is 11.6 Å². The van der Waals surface area contributed by atoms with Gasteiger partial charge in [0.1, 0.15) is 11.6 Å². The van der Waals surface area contributed by atoms with Crippen molar-refractivity contribution in [2.75, 3.05) is 13.1 Å². The smallest absolute Gasteiger partial charge is 0.224 e. The number of benzene rings is 2. The molecule has 0 aromatic heterocycles. The average Bonchev–Trinajstić information content (AvgIpc) is 3.03. The Balaban J connectivity index is 2.00. The molecule has 3 nitrogen and oxygen atoms in total. The van der Waals surface area contributed by atoms with Crippen LogP contribution in [0.4, 0.5) is 8.78 Å². The summed E-state index contributed by atoms with van der Waals surface area (Å²) in [5.41, 5.74) is 7.22. The van der Waals surface area contributed by atoms with Gasteiger partial charge >= 0.3 is 0 Å². The summed E-state index contributed by atoms with van der Waals surface area (Å²) in [6, 6.07) is 12.5. The van der Waals surface area contributed by atoms with Gasteiger partial charge in [-0.2, -0.15) is 0 Å². The van der Waals surface area contributed by atoms with E-state index in [1.54, 1.807) is 4.90 Å². The summed E-state index contributed by atoms with van der Waals surface area (Å²) in [6.07, 6.45) is 2.04. The van der Waals surface area contributed by atoms with E-state index in [0.29, 0.717) is 5.57 Å². The lowest BCUT2D eigenvalue weighted by atomic mass is 10.0. The fourth-order valence-electron chi connectivity index (χ4n) is 2.97. The number of carbonyl (C=O) groups is 1. The molecule has 0 bridgehead atoms. The quantitative estimate of drug-likeness (QED) is 0.936. The molecule has 0 radical (unpaired) electrons. The van der Waals surface area contributed by atoms with Gasteiger partial charge in [-0.15, -0.1) is 0 Å². The molecule has 1 atom stereocenters. The molecule has 1 unspecified atom stereocenters. The minimum absolute atomic E-state index is 0.102. The first-order chi connectivity index (χ1) is 11.6. The first-order valence-electron chi connectivity index (χ1n) is 7.80. The third kappa shape index (κ3) is 3.21. The van der Waals surface area contributed by atoms with Crippen molar-refractivity contribution in [3.05, 3.63) is 77.4 Å². The van der Waals surface area contributed by atoms with Crippen LogP contribution in [0.3, 0.4) is 0 Å². The zero-order chi connectivity index (χ0) is 17.1. The maximum atomic E-state index is 14.1. The van der Waals surface area contributed by atoms with Gasteiger partial charge in [-0.3, -0.25) is 4.79 Å². The fraction of sp³-hybridized carbons (Fsp3) is 0.211. The molecule has 1 aliphatic rings. The van der Waals surface area contributed by atoms with E-state index in [4.69, 9.17) is 5.73 Å². The molecule has 0 saturated carbocycles. The van der Waals surface area contributed by atoms with Crippen molar-refractivity contribution >= 4 is 11.5 Å². The molecule has 124 valence electrons. The highest BCUT2D eigenvalue weighted by Gasteiger charge is 2.31. The number of carbonyl (C=O) groups excluding carboxylic acids is 1. The maximum Gasteiger partial charge on any atom is 0.224 e. The number of rotatable bonds is 4. The molecule has 1 heterocycles. The van der Waals surface area contributed by atoms with Crippen LogP contribution in [0.25, 0.3) is 5.57 Å². The van der Waals surface area contributed by atoms with Crippen LogP contribution >= 0.6 is 0 Å². The second-order valence-corrected chi connectivity index (χ2v) is 5.73. The van der Waals surface area contributed by atoms with Crippen LogP contribution in [0.2, 0.25) is 0 Å². The molecule has 24 heavy (non-hydrogen) atoms. The largest absolute Gasteiger partial charge is 0.330 e. The molecule has 0 saturated heterocycles. The van der Waals surface area contributed by atoms with Gasteiger partial charge in [0, 0.05) is 25.1 Å². The van der Waals surface area contributed by atoms with Crippen molar-refractivity contribution in [1.29, 1.82) is 0 Å². The van der Waals surface area contributed by atoms with E-state index >= 15 is 0 Å². The molecular weight excluding hydrogens is 310 g/mol. The zero-order valence-corrected chi connectivity index (χ0v) is 13.1. The minimum atomic E-state index is -0.504. The lowest BCUT2D eigenvalue weighted by Gasteiger charge is -2.25. The van der Waals surface area contributed by atoms with Crippen molar-refractivity contribution < 1.29 is 13.6 Å². The van der Waals surface area contributed by atoms with Crippen LogP contribution in [0.1, 0.15) is 23.6 Å². The maximum absolute atomic E-state index is 14.1. The van der Waals surface area contributed by atoms with Gasteiger partial charge in [-0.25, -0.2) is 8.78 Å². The van der Waals surface area contributed by atoms with Crippen LogP contribution in [-0.4, -0.2) is 23.9 Å². The Labute approximate surface area is 139 Å². The van der Waals surface area contributed by atoms with Crippen LogP contribution in [-0.2, 0) is 4.79 Å². The van der Waals surface area contributed by atoms with E-state index in [-0.39, 0.29) is 37.0 Å². The Hall–Kier alpha value is -2.53. The molecule has 1 aliphatic heterocycles. The van der Waals surface area contributed by atoms with Crippen LogP contribution in [0, 0.1) is 11.6 Å². The van der Waals surface area contributed by atoms with E-state index in [2.05, 4.69) is 0 Å². The predicted molar refractivity (Wildman–Crippen MR) is 88.9 cm³/mol. The SMILES string of the molecule is NCCC(=O)N1CC(c2cc(F)ccc2F)=CC1c1ccccc1. The molecule has 2 aromatic carbocycles. The van der Waals surface area contributed by atoms with Crippen molar-refractivity contribution in [3.8, 4) is 0 Å². The minimum Gasteiger partial charge on any atom is -0.330 e. The second-order valence-electron chi connectivity index (χ2n) is 5.73. The summed E-state index contributed by atoms with van der Waals surface area (Å²) in [4.78, 5) is 14.1. The molecule has 5 heteroatoms. The monoisotopic (exact) mass is 328 g/mol. The normalized spacial score (nSPS) is 17.0. The number of amides is 1. The van der Waals surface area contributed by atoms with Gasteiger partial charge in [-0.1, -0.05) is 36.4 Å². The van der Waals surface area contributed by atoms with Crippen molar-refractivity contribution in [2.24, 2.45) is 5.73 Å². The number of hydrogen-bond acceptors (Lipinski definition) is 2. The summed E-state index contributed by atoms with van der Waals surface area (Å²) < 4.78 is 27.6. The number of nitrogens with two attached hydrogens (primary N) is 1. The highest BCUT2D eigenvalue weighted by molar-refractivity contribution is 5.83. The second kappa shape index (κ2) is 6.93. The van der Waals surface area contributed by atoms with E-state index in [9.17, 15) is 13.6 Å². The van der Waals surface area contributed by atoms with E-state index in [0.717, 1.165) is 17.7 Å². The Morgan fingerprint density at radius 1 is 1.17 bits per heavy atom. The molecule has 2 N–H and O–H groups in total. The van der Waals surface area contributed by atoms with Crippen molar-refractivity contribution in [2.45, 2.75) is 12.5 Å². The molecule has 2 aromatic rings. The number of nitrogens with zero attached hydrogens (tertiary/aromatic N) is 1. The molecule has 3 rings (SSSR count). The Bertz CT molecular complexity index is 774. The summed E-state index contributed by atoms with van der Waals surface area (Å²) in [5.74, 6) is -1.10. The number of halogens is 2. The molecule has 0 fully saturated rings. The van der Waals surface area contributed by atoms with Crippen molar-refractivity contribution in [3.63, 3.8) is 0 Å². The zero-order valence-electron chi connectivity index (χ0n) is 13.1. The summed E-state index contributed by atoms with van der Waals surface area (Å²) in [6.45, 7) is 0.485. The summed E-state index contributed by atoms with van der Waals surface area (Å²) in [5, 5.41) is 0. The molecule has 1 amide bonds. The highest BCUT2D eigenvalue weighted by atomic mass is 19.1. The van der Waals surface area contributed by atoms with Crippen LogP contribution in [0.5, 0.6) is 0 Å². The van der Waals surface area contributed by atoms with Gasteiger partial charge in [0.15, 0.2) is 0 Å². The van der Waals surface area contributed by atoms with E-state index in [1.165, 1.54) is 6.07 Å². The Morgan fingerprint density at radius 3 is 2.62 bits per heavy atom. The Morgan fingerprint density at radius 2 is 1.92 bits per heavy atom. The topological polar surface area (TPSA) is 46.3 Å². The highest BCUT2D eigenvalue weighted by Crippen LogP contribution is 2.35. The molecule has 0 aliphatic carbocycles. The summed E-state index contributed by atoms with van der Waals surface area (Å²) in [7, 11) is 0. The van der Waals surface area contributed by atoms with E-state index in [1.807, 2.05) is 36.4 Å².